The number of hydrogen-bond acceptors (Lipinski definition) is 4. The van der Waals surface area contributed by atoms with Gasteiger partial charge < -0.3 is 0 Å². The van der Waals surface area contributed by atoms with E-state index in [1.807, 2.05) is 12.1 Å². The first-order chi connectivity index (χ1) is 6.90. The van der Waals surface area contributed by atoms with Gasteiger partial charge in [-0.25, -0.2) is 0 Å². The number of thiocyanates is 1. The molecule has 5 heteroatoms. The zero-order valence-corrected chi connectivity index (χ0v) is 9.64. The van der Waals surface area contributed by atoms with Gasteiger partial charge in [0.05, 0.1) is 5.08 Å². The van der Waals surface area contributed by atoms with E-state index in [2.05, 4.69) is 22.5 Å². The minimum Gasteiger partial charge on any atom is -0.189 e. The summed E-state index contributed by atoms with van der Waals surface area (Å²) in [5, 5.41) is 11.2. The van der Waals surface area contributed by atoms with Crippen LogP contribution in [-0.2, 0) is 0 Å². The average molecular weight is 239 g/mol. The van der Waals surface area contributed by atoms with Crippen molar-refractivity contribution >= 4 is 45.1 Å². The van der Waals surface area contributed by atoms with Gasteiger partial charge in [-0.3, -0.25) is 0 Å². The van der Waals surface area contributed by atoms with Crippen LogP contribution in [0.25, 0.3) is 10.2 Å². The first kappa shape index (κ1) is 9.84. The number of thioether (sulfide) groups is 2. The van der Waals surface area contributed by atoms with Gasteiger partial charge in [0, 0.05) is 6.07 Å². The predicted molar refractivity (Wildman–Crippen MR) is 62.3 cm³/mol. The Morgan fingerprint density at radius 2 is 2.29 bits per heavy atom. The highest BCUT2D eigenvalue weighted by Crippen LogP contribution is 2.27. The number of hydrogen-bond donors (Lipinski definition) is 0. The van der Waals surface area contributed by atoms with Gasteiger partial charge in [0.2, 0.25) is 5.52 Å². The van der Waals surface area contributed by atoms with E-state index >= 15 is 0 Å². The fraction of sp³-hybridized carbons (Fsp3) is 0.111. The number of H-pyrrole nitrogens is 1. The number of fused-ring (bicyclic) bond motifs is 1. The fourth-order valence-corrected chi connectivity index (χ4v) is 3.80. The van der Waals surface area contributed by atoms with Crippen LogP contribution in [0, 0.1) is 10.7 Å². The van der Waals surface area contributed by atoms with Gasteiger partial charge >= 0.3 is 0 Å². The number of benzene rings is 1. The molecule has 0 radical (unpaired) electrons. The summed E-state index contributed by atoms with van der Waals surface area (Å²) in [5.74, 6) is 0. The number of aromatic nitrogens is 1. The normalized spacial score (nSPS) is 10.2. The Hall–Kier alpha value is -0.700. The minimum atomic E-state index is 0.778. The van der Waals surface area contributed by atoms with Crippen LogP contribution < -0.4 is 4.98 Å². The summed E-state index contributed by atoms with van der Waals surface area (Å²) >= 11 is 4.67. The zero-order chi connectivity index (χ0) is 9.80. The molecule has 2 aromatic rings. The lowest BCUT2D eigenvalue weighted by atomic mass is 10.3. The van der Waals surface area contributed by atoms with E-state index in [9.17, 15) is 0 Å². The van der Waals surface area contributed by atoms with Crippen LogP contribution in [0.5, 0.6) is 0 Å². The van der Waals surface area contributed by atoms with E-state index in [1.54, 1.807) is 23.1 Å². The molecule has 2 rings (SSSR count). The smallest absolute Gasteiger partial charge is 0.189 e. The molecule has 1 N–H and O–H groups in total. The molecule has 1 heterocycles. The highest BCUT2D eigenvalue weighted by atomic mass is 32.2. The van der Waals surface area contributed by atoms with Crippen LogP contribution in [0.4, 0.5) is 0 Å². The van der Waals surface area contributed by atoms with Crippen molar-refractivity contribution < 1.29 is 4.98 Å². The molecule has 70 valence electrons. The molecule has 0 saturated carbocycles. The summed E-state index contributed by atoms with van der Waals surface area (Å²) < 4.78 is 2.42. The molecule has 0 aliphatic carbocycles. The number of rotatable bonds is 3. The first-order valence-corrected chi connectivity index (χ1v) is 6.73. The Bertz CT molecular complexity index is 439. The number of aromatic amines is 1. The quantitative estimate of drug-likeness (QED) is 0.358. The molecule has 0 amide bonds. The van der Waals surface area contributed by atoms with Crippen molar-refractivity contribution in [1.29, 1.82) is 5.26 Å². The molecule has 0 aliphatic rings. The van der Waals surface area contributed by atoms with E-state index in [1.165, 1.54) is 22.0 Å². The van der Waals surface area contributed by atoms with Gasteiger partial charge in [-0.15, -0.1) is 0 Å². The average Bonchev–Trinajstić information content (AvgIpc) is 2.60. The highest BCUT2D eigenvalue weighted by Gasteiger charge is 2.09. The van der Waals surface area contributed by atoms with Gasteiger partial charge in [-0.1, -0.05) is 23.5 Å². The zero-order valence-electron chi connectivity index (χ0n) is 7.19. The SMILES string of the molecule is N#CSCSc1[nH+]c2ccccc2s1. The van der Waals surface area contributed by atoms with Gasteiger partial charge in [-0.2, -0.15) is 10.2 Å². The fourth-order valence-electron chi connectivity index (χ4n) is 1.07. The molecule has 0 unspecified atom stereocenters. The number of nitrogens with one attached hydrogen (secondary N) is 1. The summed E-state index contributed by atoms with van der Waals surface area (Å²) in [6.07, 6.45) is 0. The molecule has 2 nitrogen and oxygen atoms in total. The standard InChI is InChI=1S/C9H6N2S3/c10-5-12-6-13-9-11-7-3-1-2-4-8(7)14-9/h1-4H,6H2/p+1. The molecule has 1 aromatic heterocycles. The molecule has 0 bridgehead atoms. The molecular formula is C9H7N2S3+. The summed E-state index contributed by atoms with van der Waals surface area (Å²) in [7, 11) is 0. The second-order valence-electron chi connectivity index (χ2n) is 2.51. The Kier molecular flexibility index (Phi) is 3.30. The van der Waals surface area contributed by atoms with E-state index in [0.717, 1.165) is 9.42 Å². The van der Waals surface area contributed by atoms with Crippen molar-refractivity contribution in [3.05, 3.63) is 24.3 Å². The third-order valence-electron chi connectivity index (χ3n) is 1.64. The Morgan fingerprint density at radius 1 is 1.43 bits per heavy atom. The van der Waals surface area contributed by atoms with Crippen LogP contribution in [-0.4, -0.2) is 5.08 Å². The number of para-hydroxylation sites is 1. The lowest BCUT2D eigenvalue weighted by Gasteiger charge is -1.82. The van der Waals surface area contributed by atoms with Crippen molar-refractivity contribution in [2.24, 2.45) is 0 Å². The summed E-state index contributed by atoms with van der Waals surface area (Å²) in [6.45, 7) is 0. The van der Waals surface area contributed by atoms with Crippen LogP contribution in [0.15, 0.2) is 28.6 Å². The summed E-state index contributed by atoms with van der Waals surface area (Å²) in [4.78, 5) is 3.31. The molecule has 14 heavy (non-hydrogen) atoms. The van der Waals surface area contributed by atoms with Gasteiger partial charge in [0.25, 0.3) is 4.34 Å². The maximum Gasteiger partial charge on any atom is 0.297 e. The highest BCUT2D eigenvalue weighted by molar-refractivity contribution is 8.18. The van der Waals surface area contributed by atoms with Crippen molar-refractivity contribution in [3.63, 3.8) is 0 Å². The largest absolute Gasteiger partial charge is 0.297 e. The minimum absolute atomic E-state index is 0.778. The van der Waals surface area contributed by atoms with Gasteiger partial charge in [0.15, 0.2) is 0 Å². The topological polar surface area (TPSA) is 37.9 Å². The maximum absolute atomic E-state index is 8.38. The second-order valence-corrected chi connectivity index (χ2v) is 5.93. The third-order valence-corrected chi connectivity index (χ3v) is 4.54. The first-order valence-electron chi connectivity index (χ1n) is 3.94. The molecule has 1 aromatic carbocycles. The molecule has 0 saturated heterocycles. The van der Waals surface area contributed by atoms with E-state index in [0.29, 0.717) is 0 Å². The third kappa shape index (κ3) is 2.21. The number of thiazole rings is 1. The molecule has 0 aliphatic heterocycles. The molecule has 0 atom stereocenters. The number of nitriles is 1. The Balaban J connectivity index is 2.15. The van der Waals surface area contributed by atoms with Crippen molar-refractivity contribution in [2.75, 3.05) is 5.08 Å². The molecule has 0 fully saturated rings. The predicted octanol–water partition coefficient (Wildman–Crippen LogP) is 2.98. The maximum atomic E-state index is 8.38. The van der Waals surface area contributed by atoms with E-state index in [4.69, 9.17) is 5.26 Å². The van der Waals surface area contributed by atoms with Crippen molar-refractivity contribution in [3.8, 4) is 5.40 Å². The van der Waals surface area contributed by atoms with Crippen molar-refractivity contribution in [1.82, 2.24) is 0 Å². The second kappa shape index (κ2) is 4.69. The lowest BCUT2D eigenvalue weighted by Crippen LogP contribution is -1.99. The lowest BCUT2D eigenvalue weighted by molar-refractivity contribution is -0.385. The Labute approximate surface area is 94.3 Å². The van der Waals surface area contributed by atoms with Gasteiger partial charge in [-0.05, 0) is 29.6 Å². The van der Waals surface area contributed by atoms with E-state index in [-0.39, 0.29) is 0 Å². The van der Waals surface area contributed by atoms with Crippen LogP contribution in [0.2, 0.25) is 0 Å². The van der Waals surface area contributed by atoms with Gasteiger partial charge in [0.1, 0.15) is 10.1 Å². The number of nitrogens with zero attached hydrogens (tertiary/aromatic N) is 1. The summed E-state index contributed by atoms with van der Waals surface area (Å²) in [6, 6.07) is 8.21. The van der Waals surface area contributed by atoms with Crippen molar-refractivity contribution in [2.45, 2.75) is 4.34 Å². The monoisotopic (exact) mass is 239 g/mol. The molecule has 0 spiro atoms. The van der Waals surface area contributed by atoms with Crippen LogP contribution in [0.1, 0.15) is 0 Å². The van der Waals surface area contributed by atoms with Crippen LogP contribution >= 0.6 is 34.9 Å². The molecular weight excluding hydrogens is 232 g/mol. The van der Waals surface area contributed by atoms with Crippen LogP contribution in [0.3, 0.4) is 0 Å². The summed E-state index contributed by atoms with van der Waals surface area (Å²) in [5.41, 5.74) is 1.17. The van der Waals surface area contributed by atoms with E-state index < -0.39 is 0 Å². The Morgan fingerprint density at radius 3 is 3.07 bits per heavy atom.